The van der Waals surface area contributed by atoms with Gasteiger partial charge in [0.05, 0.1) is 97.8 Å². The van der Waals surface area contributed by atoms with Crippen molar-refractivity contribution in [2.75, 3.05) is 74.1 Å². The van der Waals surface area contributed by atoms with Crippen LogP contribution < -0.4 is 35.1 Å². The third kappa shape index (κ3) is 19.1. The van der Waals surface area contributed by atoms with Crippen molar-refractivity contribution in [1.29, 1.82) is 0 Å². The van der Waals surface area contributed by atoms with Crippen LogP contribution in [-0.4, -0.2) is 237 Å². The summed E-state index contributed by atoms with van der Waals surface area (Å²) in [6.45, 7) is 15.4. The first-order valence-electron chi connectivity index (χ1n) is 31.7. The van der Waals surface area contributed by atoms with Crippen LogP contribution in [0.15, 0.2) is 65.3 Å². The van der Waals surface area contributed by atoms with E-state index in [0.29, 0.717) is 41.1 Å². The van der Waals surface area contributed by atoms with Crippen molar-refractivity contribution >= 4 is 72.8 Å². The quantitative estimate of drug-likeness (QED) is 0.0138. The van der Waals surface area contributed by atoms with Crippen molar-refractivity contribution in [2.24, 2.45) is 0 Å². The Morgan fingerprint density at radius 2 is 1.59 bits per heavy atom. The molecule has 4 saturated heterocycles. The van der Waals surface area contributed by atoms with E-state index in [2.05, 4.69) is 53.6 Å². The van der Waals surface area contributed by atoms with Crippen molar-refractivity contribution in [1.82, 2.24) is 16.1 Å². The lowest BCUT2D eigenvalue weighted by Gasteiger charge is -2.46. The topological polar surface area (TPSA) is 318 Å². The highest BCUT2D eigenvalue weighted by atomic mass is 127. The first-order chi connectivity index (χ1) is 45.9. The van der Waals surface area contributed by atoms with Crippen LogP contribution >= 0.6 is 55.9 Å². The molecular weight excluding hydrogens is 1420 g/mol. The number of methoxy groups -OCH3 is 5. The highest BCUT2D eigenvalue weighted by Crippen LogP contribution is 2.49. The molecule has 0 radical (unpaired) electrons. The largest absolute Gasteiger partial charge is 0.492 e. The van der Waals surface area contributed by atoms with E-state index < -0.39 is 133 Å². The van der Waals surface area contributed by atoms with E-state index in [4.69, 9.17) is 66.4 Å². The van der Waals surface area contributed by atoms with Crippen LogP contribution in [0.4, 0.5) is 0 Å². The molecule has 0 saturated carbocycles. The van der Waals surface area contributed by atoms with Gasteiger partial charge < -0.3 is 97.7 Å². The zero-order chi connectivity index (χ0) is 69.6. The molecule has 8 rings (SSSR count). The van der Waals surface area contributed by atoms with E-state index in [9.17, 15) is 39.9 Å². The van der Waals surface area contributed by atoms with Gasteiger partial charge >= 0.3 is 5.97 Å². The number of thioether (sulfide) groups is 1. The molecule has 2 aliphatic carbocycles. The lowest BCUT2D eigenvalue weighted by Crippen LogP contribution is -2.65. The Hall–Kier alpha value is -4.11. The van der Waals surface area contributed by atoms with Gasteiger partial charge in [-0.25, -0.2) is 0 Å². The molecule has 8 N–H and O–H groups in total. The van der Waals surface area contributed by atoms with Gasteiger partial charge in [-0.05, 0) is 101 Å². The van der Waals surface area contributed by atoms with Gasteiger partial charge in [-0.3, -0.25) is 19.2 Å². The van der Waals surface area contributed by atoms with Gasteiger partial charge in [0.2, 0.25) is 17.2 Å². The average Bonchev–Trinajstić information content (AvgIpc) is 0.794. The number of fused-ring (bicyclic) bond motifs is 2. The fourth-order valence-corrected chi connectivity index (χ4v) is 16.1. The van der Waals surface area contributed by atoms with Crippen LogP contribution in [0.5, 0.6) is 23.0 Å². The van der Waals surface area contributed by atoms with Crippen molar-refractivity contribution in [3.63, 3.8) is 0 Å². The number of rotatable bonds is 29. The first-order valence-corrected chi connectivity index (χ1v) is 36.0. The van der Waals surface area contributed by atoms with Gasteiger partial charge in [0.25, 0.3) is 0 Å². The standard InChI is InChI=1S/C67H90IN3O22S3/c1-13-70-42-33-86-48(31-46(42)80-8)91-60-55(76)53(71-93-49-30-43(72)62(38(5)87-49)95-63(78)50-35(2)52(68)58(61(84-12)57(50)82-10)92-64-56(77)59(83-11)54(75)37(4)89-64)36(3)88-65(60)90-45-23-19-14-15-20-25-67(79)32-44(73)40(29-47(74)81-9)51(45)41(67)24-28-94-96-66(6,7)34-69-26-27-85-39-21-17-16-18-22-39/h14-18,21-22,24,36-38,42-43,45-46,48-49,53-56,59-60,62,64-65,69-72,75-77,79H,13,26-34H2,1-12H3/b15-14-,41-24+/t36-,37+,38-,42+,43+,45+,46+,48+,49+,53-,54+,55+,56-,59-,60-,62-,64+,65+,67+/m1/s1. The van der Waals surface area contributed by atoms with Crippen LogP contribution in [-0.2, 0) is 57.1 Å². The molecule has 0 spiro atoms. The molecule has 25 nitrogen and oxygen atoms in total. The minimum atomic E-state index is -2.07. The lowest BCUT2D eigenvalue weighted by atomic mass is 9.72. The summed E-state index contributed by atoms with van der Waals surface area (Å²) in [5.74, 6) is 11.7. The van der Waals surface area contributed by atoms with Crippen molar-refractivity contribution in [3.05, 3.63) is 80.0 Å². The molecule has 4 fully saturated rings. The van der Waals surface area contributed by atoms with Crippen LogP contribution in [0.1, 0.15) is 83.1 Å². The number of halogens is 1. The van der Waals surface area contributed by atoms with E-state index in [-0.39, 0.29) is 75.9 Å². The van der Waals surface area contributed by atoms with Gasteiger partial charge in [0, 0.05) is 67.4 Å². The highest BCUT2D eigenvalue weighted by molar-refractivity contribution is 14.1. The van der Waals surface area contributed by atoms with Crippen LogP contribution in [0.3, 0.4) is 0 Å². The summed E-state index contributed by atoms with van der Waals surface area (Å²) in [5, 5.41) is 64.3. The number of hydrogen-bond donors (Lipinski definition) is 8. The van der Waals surface area contributed by atoms with Crippen LogP contribution in [0, 0.1) is 34.2 Å². The molecule has 29 heteroatoms. The zero-order valence-corrected chi connectivity index (χ0v) is 60.5. The van der Waals surface area contributed by atoms with Crippen LogP contribution in [0.25, 0.3) is 0 Å². The van der Waals surface area contributed by atoms with Gasteiger partial charge in [0.15, 0.2) is 41.8 Å². The number of carbonyl (C=O) groups excluding carboxylic acids is 3. The number of aliphatic hydroxyl groups is 5. The first kappa shape index (κ1) is 77.6. The van der Waals surface area contributed by atoms with E-state index in [1.54, 1.807) is 51.7 Å². The monoisotopic (exact) mass is 1510 g/mol. The number of esters is 1. The third-order valence-corrected chi connectivity index (χ3v) is 22.8. The number of nitrogens with one attached hydrogen (secondary N) is 3. The third-order valence-electron chi connectivity index (χ3n) is 17.0. The molecule has 6 aliphatic rings. The number of likely N-dealkylation sites (N-methyl/N-ethyl adjacent to an activating group) is 1. The number of hydroxylamine groups is 1. The molecule has 96 heavy (non-hydrogen) atoms. The molecule has 19 atom stereocenters. The Balaban J connectivity index is 1.01. The maximum atomic E-state index is 14.5. The predicted octanol–water partition coefficient (Wildman–Crippen LogP) is 4.62. The Labute approximate surface area is 586 Å². The number of allylic oxidation sites excluding steroid dienone is 2. The molecule has 4 aliphatic heterocycles. The maximum Gasteiger partial charge on any atom is 0.310 e. The number of ketones is 1. The summed E-state index contributed by atoms with van der Waals surface area (Å²) < 4.78 is 78.9. The SMILES string of the molecule is CCN[C@H]1CO[C@@H](O[C@H]2[C@H](O[C@H]3C#C/C=C\C#C[C@]4(O)CC(=O)C(CC(=O)OC)=C3/C4=C\CSSC(C)(C)CNCCOc3ccccc3)O[C@H](C)[C@@H](NO[C@H]3C[C@H](O)[C@H](SC(=O)c4c(C)c(I)c(O[C@@H]5O[C@@H](C)[C@H](O)[C@@H](OC)[C@H]5O)c(OC)c4OC)[C@@H](C)O3)[C@@H]2O)C[C@@H]1OC. The summed E-state index contributed by atoms with van der Waals surface area (Å²) in [5.41, 5.74) is 1.67. The van der Waals surface area contributed by atoms with E-state index in [1.165, 1.54) is 51.4 Å². The van der Waals surface area contributed by atoms with Gasteiger partial charge in [0.1, 0.15) is 49.0 Å². The molecule has 0 aromatic heterocycles. The fraction of sp³-hybridized carbons (Fsp3) is 0.627. The number of carbonyl (C=O) groups is 3. The Morgan fingerprint density at radius 3 is 2.28 bits per heavy atom. The van der Waals surface area contributed by atoms with E-state index in [0.717, 1.165) is 17.5 Å². The summed E-state index contributed by atoms with van der Waals surface area (Å²) >= 11 is 2.83. The predicted molar refractivity (Wildman–Crippen MR) is 366 cm³/mol. The number of Topliss-reactive ketones (excluding diaryl/α,β-unsaturated/α-hetero) is 1. The fourth-order valence-electron chi connectivity index (χ4n) is 12.0. The van der Waals surface area contributed by atoms with Gasteiger partial charge in [-0.1, -0.05) is 88.2 Å². The molecule has 530 valence electrons. The van der Waals surface area contributed by atoms with Crippen molar-refractivity contribution in [2.45, 2.75) is 194 Å². The Bertz CT molecular complexity index is 3200. The summed E-state index contributed by atoms with van der Waals surface area (Å²) in [4.78, 5) is 48.4. The molecule has 2 aromatic carbocycles. The molecular formula is C67H90IN3O22S3. The van der Waals surface area contributed by atoms with E-state index in [1.807, 2.05) is 59.8 Å². The Kier molecular flexibility index (Phi) is 29.1. The van der Waals surface area contributed by atoms with Crippen LogP contribution in [0.2, 0.25) is 0 Å². The van der Waals surface area contributed by atoms with E-state index >= 15 is 0 Å². The smallest absolute Gasteiger partial charge is 0.310 e. The van der Waals surface area contributed by atoms with Crippen molar-refractivity contribution in [3.8, 4) is 46.7 Å². The summed E-state index contributed by atoms with van der Waals surface area (Å²) in [6, 6.07) is 8.29. The molecule has 2 bridgehead atoms. The second-order valence-corrected chi connectivity index (χ2v) is 29.5. The number of aliphatic hydroxyl groups excluding tert-OH is 4. The number of ether oxygens (including phenoxy) is 13. The lowest BCUT2D eigenvalue weighted by molar-refractivity contribution is -0.336. The average molecular weight is 1510 g/mol. The second kappa shape index (κ2) is 36.0. The Morgan fingerprint density at radius 1 is 0.865 bits per heavy atom. The molecule has 4 heterocycles. The second-order valence-electron chi connectivity index (χ2n) is 24.3. The van der Waals surface area contributed by atoms with Gasteiger partial charge in [-0.2, -0.15) is 5.48 Å². The normalized spacial score (nSPS) is 33.1. The molecule has 0 amide bonds. The van der Waals surface area contributed by atoms with Gasteiger partial charge in [-0.15, -0.1) is 0 Å². The number of para-hydroxylation sites is 1. The molecule has 2 aromatic rings. The highest BCUT2D eigenvalue weighted by Gasteiger charge is 2.52. The minimum Gasteiger partial charge on any atom is -0.492 e. The summed E-state index contributed by atoms with van der Waals surface area (Å²) in [6.07, 6.45) is -13.3. The summed E-state index contributed by atoms with van der Waals surface area (Å²) in [7, 11) is 10.00. The maximum absolute atomic E-state index is 14.5. The zero-order valence-electron chi connectivity index (χ0n) is 55.9. The minimum absolute atomic E-state index is 0.0171. The molecule has 0 unspecified atom stereocenters. The number of hydrogen-bond acceptors (Lipinski definition) is 28. The van der Waals surface area contributed by atoms with Crippen molar-refractivity contribution < 1.29 is 106 Å². The number of benzene rings is 2.